The van der Waals surface area contributed by atoms with Crippen molar-refractivity contribution in [1.29, 1.82) is 0 Å². The van der Waals surface area contributed by atoms with Gasteiger partial charge in [-0.3, -0.25) is 0 Å². The van der Waals surface area contributed by atoms with E-state index >= 15 is 0 Å². The van der Waals surface area contributed by atoms with Crippen molar-refractivity contribution in [3.63, 3.8) is 0 Å². The minimum atomic E-state index is -0.0310. The predicted molar refractivity (Wildman–Crippen MR) is 77.3 cm³/mol. The largest absolute Gasteiger partial charge is 0.353 e. The molecule has 0 aliphatic carbocycles. The maximum absolute atomic E-state index is 6.06. The highest BCUT2D eigenvalue weighted by Crippen LogP contribution is 2.24. The van der Waals surface area contributed by atoms with Crippen molar-refractivity contribution in [2.75, 3.05) is 6.61 Å². The van der Waals surface area contributed by atoms with Crippen molar-refractivity contribution in [3.8, 4) is 0 Å². The van der Waals surface area contributed by atoms with Gasteiger partial charge in [-0.15, -0.1) is 0 Å². The lowest BCUT2D eigenvalue weighted by molar-refractivity contribution is -0.169. The van der Waals surface area contributed by atoms with Crippen LogP contribution in [0.4, 0.5) is 0 Å². The molecule has 1 heterocycles. The molecule has 2 rings (SSSR count). The zero-order valence-corrected chi connectivity index (χ0v) is 12.8. The number of aryl methyl sites for hydroxylation is 1. The number of rotatable bonds is 3. The van der Waals surface area contributed by atoms with Gasteiger partial charge in [0, 0.05) is 10.2 Å². The Morgan fingerprint density at radius 2 is 2.29 bits per heavy atom. The van der Waals surface area contributed by atoms with Gasteiger partial charge in [0.1, 0.15) is 0 Å². The van der Waals surface area contributed by atoms with E-state index in [1.54, 1.807) is 0 Å². The first-order valence-electron chi connectivity index (χ1n) is 5.84. The van der Waals surface area contributed by atoms with E-state index in [1.165, 1.54) is 17.5 Å². The Hall–Kier alpha value is 0.160. The molecule has 1 atom stereocenters. The molecule has 1 aromatic rings. The first kappa shape index (κ1) is 13.6. The summed E-state index contributed by atoms with van der Waals surface area (Å²) in [5.41, 5.74) is 2.36. The Morgan fingerprint density at radius 3 is 3.00 bits per heavy atom. The summed E-state index contributed by atoms with van der Waals surface area (Å²) in [6, 6.07) is 4.07. The molecule has 17 heavy (non-hydrogen) atoms. The van der Waals surface area contributed by atoms with E-state index in [0.29, 0.717) is 6.61 Å². The summed E-state index contributed by atoms with van der Waals surface area (Å²) >= 11 is 8.30. The Bertz CT molecular complexity index is 389. The van der Waals surface area contributed by atoms with Gasteiger partial charge >= 0.3 is 0 Å². The molecule has 0 N–H and O–H groups in total. The Morgan fingerprint density at radius 1 is 1.47 bits per heavy atom. The summed E-state index contributed by atoms with van der Waals surface area (Å²) < 4.78 is 12.4. The summed E-state index contributed by atoms with van der Waals surface area (Å²) in [7, 11) is 0. The molecule has 0 saturated carbocycles. The third-order valence-corrected chi connectivity index (χ3v) is 4.47. The van der Waals surface area contributed by atoms with Crippen molar-refractivity contribution >= 4 is 34.2 Å². The molecule has 1 aliphatic rings. The highest BCUT2D eigenvalue weighted by atomic mass is 127. The maximum atomic E-state index is 6.06. The topological polar surface area (TPSA) is 18.5 Å². The van der Waals surface area contributed by atoms with Gasteiger partial charge in [0.2, 0.25) is 0 Å². The summed E-state index contributed by atoms with van der Waals surface area (Å²) in [6.07, 6.45) is 3.32. The maximum Gasteiger partial charge on any atom is 0.158 e. The van der Waals surface area contributed by atoms with E-state index in [-0.39, 0.29) is 6.29 Å². The van der Waals surface area contributed by atoms with Crippen LogP contribution in [0.1, 0.15) is 30.4 Å². The highest BCUT2D eigenvalue weighted by Gasteiger charge is 2.14. The van der Waals surface area contributed by atoms with E-state index in [0.717, 1.165) is 28.0 Å². The number of hydrogen-bond acceptors (Lipinski definition) is 2. The number of halogens is 2. The highest BCUT2D eigenvalue weighted by molar-refractivity contribution is 14.1. The van der Waals surface area contributed by atoms with Crippen LogP contribution in [0.5, 0.6) is 0 Å². The molecule has 4 heteroatoms. The average Bonchev–Trinajstić information content (AvgIpc) is 2.33. The van der Waals surface area contributed by atoms with Crippen LogP contribution < -0.4 is 0 Å². The zero-order chi connectivity index (χ0) is 12.3. The van der Waals surface area contributed by atoms with E-state index < -0.39 is 0 Å². The van der Waals surface area contributed by atoms with Crippen molar-refractivity contribution < 1.29 is 9.47 Å². The minimum absolute atomic E-state index is 0.0310. The molecule has 94 valence electrons. The Balaban J connectivity index is 1.96. The molecule has 1 saturated heterocycles. The molecule has 1 aliphatic heterocycles. The molecule has 1 aromatic carbocycles. The van der Waals surface area contributed by atoms with Crippen LogP contribution in [0.3, 0.4) is 0 Å². The van der Waals surface area contributed by atoms with E-state index in [4.69, 9.17) is 21.1 Å². The fourth-order valence-corrected chi connectivity index (χ4v) is 2.62. The lowest BCUT2D eigenvalue weighted by Crippen LogP contribution is -2.22. The zero-order valence-electron chi connectivity index (χ0n) is 9.84. The van der Waals surface area contributed by atoms with Gasteiger partial charge in [-0.05, 0) is 72.0 Å². The van der Waals surface area contributed by atoms with Gasteiger partial charge in [-0.25, -0.2) is 0 Å². The smallest absolute Gasteiger partial charge is 0.158 e. The van der Waals surface area contributed by atoms with Crippen LogP contribution in [0, 0.1) is 10.5 Å². The molecule has 1 fully saturated rings. The van der Waals surface area contributed by atoms with E-state index in [9.17, 15) is 0 Å². The Labute approximate surface area is 121 Å². The number of hydrogen-bond donors (Lipinski definition) is 0. The van der Waals surface area contributed by atoms with Crippen molar-refractivity contribution in [3.05, 3.63) is 31.9 Å². The standard InChI is InChI=1S/C13H16ClIO2/c1-9-6-11(14)12(15)7-10(9)8-17-13-4-2-3-5-16-13/h6-7,13H,2-5,8H2,1H3. The summed E-state index contributed by atoms with van der Waals surface area (Å²) in [5, 5.41) is 0.806. The summed E-state index contributed by atoms with van der Waals surface area (Å²) in [6.45, 7) is 3.48. The number of benzene rings is 1. The molecule has 0 aromatic heterocycles. The molecule has 0 spiro atoms. The predicted octanol–water partition coefficient (Wildman–Crippen LogP) is 4.30. The fraction of sp³-hybridized carbons (Fsp3) is 0.538. The van der Waals surface area contributed by atoms with Crippen LogP contribution in [0.25, 0.3) is 0 Å². The van der Waals surface area contributed by atoms with Gasteiger partial charge in [0.25, 0.3) is 0 Å². The van der Waals surface area contributed by atoms with Gasteiger partial charge in [-0.1, -0.05) is 11.6 Å². The fourth-order valence-electron chi connectivity index (χ4n) is 1.87. The third kappa shape index (κ3) is 3.81. The lowest BCUT2D eigenvalue weighted by atomic mass is 10.1. The number of ether oxygens (including phenoxy) is 2. The Kier molecular flexibility index (Phi) is 5.09. The van der Waals surface area contributed by atoms with Gasteiger partial charge < -0.3 is 9.47 Å². The van der Waals surface area contributed by atoms with Crippen LogP contribution >= 0.6 is 34.2 Å². The quantitative estimate of drug-likeness (QED) is 0.743. The van der Waals surface area contributed by atoms with E-state index in [2.05, 4.69) is 35.6 Å². The second-order valence-corrected chi connectivity index (χ2v) is 5.87. The summed E-state index contributed by atoms with van der Waals surface area (Å²) in [4.78, 5) is 0. The molecule has 0 bridgehead atoms. The molecule has 1 unspecified atom stereocenters. The second-order valence-electron chi connectivity index (χ2n) is 4.30. The monoisotopic (exact) mass is 366 g/mol. The summed E-state index contributed by atoms with van der Waals surface area (Å²) in [5.74, 6) is 0. The van der Waals surface area contributed by atoms with E-state index in [1.807, 2.05) is 6.07 Å². The minimum Gasteiger partial charge on any atom is -0.353 e. The lowest BCUT2D eigenvalue weighted by Gasteiger charge is -2.23. The SMILES string of the molecule is Cc1cc(Cl)c(I)cc1COC1CCCCO1. The molecular weight excluding hydrogens is 350 g/mol. The van der Waals surface area contributed by atoms with Crippen LogP contribution in [0.15, 0.2) is 12.1 Å². The molecule has 2 nitrogen and oxygen atoms in total. The van der Waals surface area contributed by atoms with Crippen molar-refractivity contribution in [1.82, 2.24) is 0 Å². The second kappa shape index (κ2) is 6.36. The van der Waals surface area contributed by atoms with Crippen LogP contribution in [-0.2, 0) is 16.1 Å². The molecule has 0 amide bonds. The van der Waals surface area contributed by atoms with Gasteiger partial charge in [0.15, 0.2) is 6.29 Å². The molecular formula is C13H16ClIO2. The van der Waals surface area contributed by atoms with Crippen LogP contribution in [-0.4, -0.2) is 12.9 Å². The van der Waals surface area contributed by atoms with Crippen molar-refractivity contribution in [2.24, 2.45) is 0 Å². The van der Waals surface area contributed by atoms with Crippen molar-refractivity contribution in [2.45, 2.75) is 39.1 Å². The first-order valence-corrected chi connectivity index (χ1v) is 7.30. The molecule has 0 radical (unpaired) electrons. The van der Waals surface area contributed by atoms with Gasteiger partial charge in [-0.2, -0.15) is 0 Å². The third-order valence-electron chi connectivity index (χ3n) is 2.94. The first-order chi connectivity index (χ1) is 8.16. The average molecular weight is 367 g/mol. The van der Waals surface area contributed by atoms with Gasteiger partial charge in [0.05, 0.1) is 11.6 Å². The van der Waals surface area contributed by atoms with Crippen LogP contribution in [0.2, 0.25) is 5.02 Å². The normalized spacial score (nSPS) is 20.5.